The van der Waals surface area contributed by atoms with Crippen LogP contribution in [0.4, 0.5) is 0 Å². The van der Waals surface area contributed by atoms with Crippen LogP contribution in [0.3, 0.4) is 0 Å². The van der Waals surface area contributed by atoms with Gasteiger partial charge in [-0.25, -0.2) is 0 Å². The molecule has 0 saturated heterocycles. The Balaban J connectivity index is 0. The van der Waals surface area contributed by atoms with Crippen LogP contribution in [0.2, 0.25) is 0 Å². The van der Waals surface area contributed by atoms with E-state index in [1.54, 1.807) is 0 Å². The molecular weight excluding hydrogens is 152 g/mol. The van der Waals surface area contributed by atoms with Gasteiger partial charge in [0.2, 0.25) is 0 Å². The SMILES string of the molecule is CCCCCCC(C)O.[CaH2]. The predicted molar refractivity (Wildman–Crippen MR) is 49.0 cm³/mol. The van der Waals surface area contributed by atoms with Crippen LogP contribution in [0.25, 0.3) is 0 Å². The van der Waals surface area contributed by atoms with Gasteiger partial charge in [0.15, 0.2) is 0 Å². The second kappa shape index (κ2) is 10.2. The third-order valence-electron chi connectivity index (χ3n) is 1.48. The molecule has 0 bridgehead atoms. The van der Waals surface area contributed by atoms with Crippen molar-refractivity contribution in [1.82, 2.24) is 0 Å². The molecule has 0 fully saturated rings. The summed E-state index contributed by atoms with van der Waals surface area (Å²) in [5.74, 6) is 0. The minimum atomic E-state index is -0.0955. The molecule has 0 aliphatic rings. The summed E-state index contributed by atoms with van der Waals surface area (Å²) in [5.41, 5.74) is 0. The number of hydrogen-bond donors (Lipinski definition) is 1. The number of aliphatic hydroxyl groups is 1. The molecule has 0 aliphatic heterocycles. The van der Waals surface area contributed by atoms with Gasteiger partial charge in [-0.2, -0.15) is 0 Å². The molecule has 0 aromatic carbocycles. The van der Waals surface area contributed by atoms with Crippen LogP contribution in [-0.4, -0.2) is 48.9 Å². The standard InChI is InChI=1S/C8H18O.Ca.2H/c1-3-4-5-6-7-8(2)9;;;/h8-9H,3-7H2,1-2H3;;;. The molecule has 0 aromatic rings. The fourth-order valence-corrected chi connectivity index (χ4v) is 0.867. The van der Waals surface area contributed by atoms with Crippen molar-refractivity contribution in [2.45, 2.75) is 52.1 Å². The van der Waals surface area contributed by atoms with Crippen molar-refractivity contribution in [3.05, 3.63) is 0 Å². The van der Waals surface area contributed by atoms with E-state index in [0.29, 0.717) is 0 Å². The molecule has 0 amide bonds. The number of aliphatic hydroxyl groups excluding tert-OH is 1. The molecule has 2 heteroatoms. The van der Waals surface area contributed by atoms with E-state index in [-0.39, 0.29) is 43.8 Å². The fraction of sp³-hybridized carbons (Fsp3) is 1.00. The maximum atomic E-state index is 8.85. The van der Waals surface area contributed by atoms with Crippen molar-refractivity contribution in [3.63, 3.8) is 0 Å². The third kappa shape index (κ3) is 12.0. The van der Waals surface area contributed by atoms with Gasteiger partial charge in [-0.05, 0) is 13.3 Å². The van der Waals surface area contributed by atoms with Gasteiger partial charge in [-0.3, -0.25) is 0 Å². The van der Waals surface area contributed by atoms with Crippen LogP contribution < -0.4 is 0 Å². The van der Waals surface area contributed by atoms with Crippen molar-refractivity contribution < 1.29 is 5.11 Å². The van der Waals surface area contributed by atoms with Gasteiger partial charge in [0, 0.05) is 0 Å². The molecule has 1 unspecified atom stereocenters. The molecule has 1 N–H and O–H groups in total. The van der Waals surface area contributed by atoms with Gasteiger partial charge in [0.1, 0.15) is 0 Å². The van der Waals surface area contributed by atoms with Crippen LogP contribution in [0.1, 0.15) is 46.0 Å². The van der Waals surface area contributed by atoms with Gasteiger partial charge in [0.05, 0.1) is 6.10 Å². The van der Waals surface area contributed by atoms with E-state index in [0.717, 1.165) is 6.42 Å². The van der Waals surface area contributed by atoms with Gasteiger partial charge >= 0.3 is 37.7 Å². The van der Waals surface area contributed by atoms with Crippen molar-refractivity contribution in [3.8, 4) is 0 Å². The maximum absolute atomic E-state index is 8.85. The van der Waals surface area contributed by atoms with Crippen molar-refractivity contribution in [1.29, 1.82) is 0 Å². The molecular formula is C8H20CaO. The van der Waals surface area contributed by atoms with Crippen molar-refractivity contribution >= 4 is 37.7 Å². The van der Waals surface area contributed by atoms with Gasteiger partial charge in [0.25, 0.3) is 0 Å². The molecule has 0 saturated carbocycles. The van der Waals surface area contributed by atoms with E-state index in [2.05, 4.69) is 6.92 Å². The first-order valence-corrected chi connectivity index (χ1v) is 3.95. The first-order valence-electron chi connectivity index (χ1n) is 3.95. The van der Waals surface area contributed by atoms with Crippen molar-refractivity contribution in [2.75, 3.05) is 0 Å². The monoisotopic (exact) mass is 172 g/mol. The number of hydrogen-bond acceptors (Lipinski definition) is 1. The zero-order chi connectivity index (χ0) is 7.11. The zero-order valence-electron chi connectivity index (χ0n) is 6.56. The Kier molecular flexibility index (Phi) is 14.1. The van der Waals surface area contributed by atoms with Crippen LogP contribution in [-0.2, 0) is 0 Å². The first kappa shape index (κ1) is 13.8. The summed E-state index contributed by atoms with van der Waals surface area (Å²) < 4.78 is 0. The minimum absolute atomic E-state index is 0. The van der Waals surface area contributed by atoms with E-state index >= 15 is 0 Å². The summed E-state index contributed by atoms with van der Waals surface area (Å²) in [4.78, 5) is 0. The molecule has 0 heterocycles. The Morgan fingerprint density at radius 2 is 1.80 bits per heavy atom. The Hall–Kier alpha value is 1.22. The first-order chi connectivity index (χ1) is 4.27. The average molecular weight is 172 g/mol. The summed E-state index contributed by atoms with van der Waals surface area (Å²) in [6.07, 6.45) is 5.93. The summed E-state index contributed by atoms with van der Waals surface area (Å²) in [5, 5.41) is 8.85. The van der Waals surface area contributed by atoms with Gasteiger partial charge in [-0.15, -0.1) is 0 Å². The Bertz CT molecular complexity index is 55.2. The van der Waals surface area contributed by atoms with Crippen LogP contribution in [0.5, 0.6) is 0 Å². The fourth-order valence-electron chi connectivity index (χ4n) is 0.867. The van der Waals surface area contributed by atoms with Crippen LogP contribution in [0.15, 0.2) is 0 Å². The summed E-state index contributed by atoms with van der Waals surface area (Å²) in [6.45, 7) is 4.05. The summed E-state index contributed by atoms with van der Waals surface area (Å²) in [6, 6.07) is 0. The zero-order valence-corrected chi connectivity index (χ0v) is 6.56. The Labute approximate surface area is 94.2 Å². The van der Waals surface area contributed by atoms with E-state index in [9.17, 15) is 0 Å². The molecule has 1 atom stereocenters. The number of unbranched alkanes of at least 4 members (excludes halogenated alkanes) is 3. The Morgan fingerprint density at radius 1 is 1.20 bits per heavy atom. The molecule has 0 radical (unpaired) electrons. The quantitative estimate of drug-likeness (QED) is 0.491. The van der Waals surface area contributed by atoms with E-state index in [1.165, 1.54) is 25.7 Å². The molecule has 0 aliphatic carbocycles. The normalized spacial score (nSPS) is 12.3. The summed E-state index contributed by atoms with van der Waals surface area (Å²) >= 11 is 0. The van der Waals surface area contributed by atoms with E-state index in [1.807, 2.05) is 6.92 Å². The Morgan fingerprint density at radius 3 is 2.20 bits per heavy atom. The van der Waals surface area contributed by atoms with Gasteiger partial charge < -0.3 is 5.11 Å². The van der Waals surface area contributed by atoms with Crippen LogP contribution in [0, 0.1) is 0 Å². The topological polar surface area (TPSA) is 20.2 Å². The number of rotatable bonds is 5. The molecule has 0 spiro atoms. The molecule has 10 heavy (non-hydrogen) atoms. The summed E-state index contributed by atoms with van der Waals surface area (Å²) in [7, 11) is 0. The molecule has 0 rings (SSSR count). The average Bonchev–Trinajstić information content (AvgIpc) is 1.80. The van der Waals surface area contributed by atoms with Crippen molar-refractivity contribution in [2.24, 2.45) is 0 Å². The molecule has 1 nitrogen and oxygen atoms in total. The second-order valence-corrected chi connectivity index (χ2v) is 2.70. The third-order valence-corrected chi connectivity index (χ3v) is 1.48. The second-order valence-electron chi connectivity index (χ2n) is 2.70. The van der Waals surface area contributed by atoms with Gasteiger partial charge in [-0.1, -0.05) is 32.6 Å². The molecule has 60 valence electrons. The van der Waals surface area contributed by atoms with Crippen LogP contribution >= 0.6 is 0 Å². The molecule has 0 aromatic heterocycles. The van der Waals surface area contributed by atoms with E-state index < -0.39 is 0 Å². The predicted octanol–water partition coefficient (Wildman–Crippen LogP) is 1.42. The van der Waals surface area contributed by atoms with E-state index in [4.69, 9.17) is 5.11 Å².